The van der Waals surface area contributed by atoms with Crippen molar-refractivity contribution in [2.45, 2.75) is 31.1 Å². The van der Waals surface area contributed by atoms with E-state index in [9.17, 15) is 8.42 Å². The van der Waals surface area contributed by atoms with Crippen molar-refractivity contribution < 1.29 is 13.2 Å². The summed E-state index contributed by atoms with van der Waals surface area (Å²) in [6.45, 7) is 3.70. The van der Waals surface area contributed by atoms with E-state index in [1.807, 2.05) is 0 Å². The van der Waals surface area contributed by atoms with E-state index in [2.05, 4.69) is 22.1 Å². The molecule has 0 spiro atoms. The van der Waals surface area contributed by atoms with E-state index < -0.39 is 10.0 Å². The Bertz CT molecular complexity index is 493. The minimum Gasteiger partial charge on any atom is -0.381 e. The number of hydrazine groups is 1. The van der Waals surface area contributed by atoms with E-state index in [0.717, 1.165) is 19.4 Å². The lowest BCUT2D eigenvalue weighted by molar-refractivity contribution is 0.130. The Morgan fingerprint density at radius 3 is 2.80 bits per heavy atom. The molecule has 0 aliphatic rings. The van der Waals surface area contributed by atoms with Crippen molar-refractivity contribution in [3.63, 3.8) is 0 Å². The second kappa shape index (κ2) is 8.85. The van der Waals surface area contributed by atoms with Crippen LogP contribution in [0.2, 0.25) is 0 Å². The van der Waals surface area contributed by atoms with Crippen LogP contribution in [-0.4, -0.2) is 33.2 Å². The highest BCUT2D eigenvalue weighted by atomic mass is 32.2. The summed E-state index contributed by atoms with van der Waals surface area (Å²) in [7, 11) is -3.53. The number of unbranched alkanes of at least 4 members (excludes halogenated alkanes) is 1. The van der Waals surface area contributed by atoms with Crippen molar-refractivity contribution in [2.24, 2.45) is 5.84 Å². The van der Waals surface area contributed by atoms with E-state index in [1.54, 1.807) is 0 Å². The van der Waals surface area contributed by atoms with E-state index >= 15 is 0 Å². The fraction of sp³-hybridized carbons (Fsp3) is 0.583. The molecule has 0 radical (unpaired) electrons. The Morgan fingerprint density at radius 1 is 1.35 bits per heavy atom. The van der Waals surface area contributed by atoms with Crippen LogP contribution in [0.1, 0.15) is 26.2 Å². The lowest BCUT2D eigenvalue weighted by Crippen LogP contribution is -2.26. The number of ether oxygens (including phenoxy) is 1. The minimum absolute atomic E-state index is 0.132. The number of sulfonamides is 1. The summed E-state index contributed by atoms with van der Waals surface area (Å²) in [5.41, 5.74) is 2.31. The molecule has 0 aromatic carbocycles. The van der Waals surface area contributed by atoms with Crippen LogP contribution in [0.5, 0.6) is 0 Å². The fourth-order valence-corrected chi connectivity index (χ4v) is 2.56. The number of nitrogens with one attached hydrogen (secondary N) is 2. The monoisotopic (exact) mass is 302 g/mol. The van der Waals surface area contributed by atoms with Gasteiger partial charge < -0.3 is 10.2 Å². The zero-order chi connectivity index (χ0) is 14.8. The van der Waals surface area contributed by atoms with Crippen molar-refractivity contribution in [2.75, 3.05) is 25.2 Å². The van der Waals surface area contributed by atoms with E-state index in [1.165, 1.54) is 18.3 Å². The first-order chi connectivity index (χ1) is 9.60. The molecule has 1 rings (SSSR count). The summed E-state index contributed by atoms with van der Waals surface area (Å²) in [6.07, 6.45) is 4.14. The molecule has 0 saturated carbocycles. The van der Waals surface area contributed by atoms with Crippen molar-refractivity contribution >= 4 is 15.8 Å². The second-order valence-corrected chi connectivity index (χ2v) is 6.01. The van der Waals surface area contributed by atoms with E-state index in [4.69, 9.17) is 10.6 Å². The summed E-state index contributed by atoms with van der Waals surface area (Å²) in [4.78, 5) is 3.99. The quantitative estimate of drug-likeness (QED) is 0.336. The number of hydrogen-bond donors (Lipinski definition) is 3. The number of aromatic nitrogens is 1. The average Bonchev–Trinajstić information content (AvgIpc) is 2.46. The lowest BCUT2D eigenvalue weighted by atomic mass is 10.4. The van der Waals surface area contributed by atoms with Gasteiger partial charge >= 0.3 is 0 Å². The molecule has 7 nitrogen and oxygen atoms in total. The van der Waals surface area contributed by atoms with Crippen LogP contribution in [0.15, 0.2) is 23.2 Å². The molecule has 0 atom stereocenters. The summed E-state index contributed by atoms with van der Waals surface area (Å²) in [5, 5.41) is 0. The molecule has 1 heterocycles. The molecule has 4 N–H and O–H groups in total. The Kier molecular flexibility index (Phi) is 7.45. The smallest absolute Gasteiger partial charge is 0.240 e. The predicted molar refractivity (Wildman–Crippen MR) is 77.6 cm³/mol. The number of hydrogen-bond acceptors (Lipinski definition) is 6. The van der Waals surface area contributed by atoms with Crippen LogP contribution < -0.4 is 16.0 Å². The van der Waals surface area contributed by atoms with Crippen LogP contribution >= 0.6 is 0 Å². The minimum atomic E-state index is -3.53. The van der Waals surface area contributed by atoms with Crippen LogP contribution in [0, 0.1) is 0 Å². The van der Waals surface area contributed by atoms with Gasteiger partial charge in [-0.25, -0.2) is 24.0 Å². The summed E-state index contributed by atoms with van der Waals surface area (Å²) < 4.78 is 31.8. The Hall–Kier alpha value is -1.22. The zero-order valence-corrected chi connectivity index (χ0v) is 12.4. The largest absolute Gasteiger partial charge is 0.381 e. The molecular weight excluding hydrogens is 280 g/mol. The van der Waals surface area contributed by atoms with E-state index in [-0.39, 0.29) is 4.90 Å². The molecule has 0 saturated heterocycles. The van der Waals surface area contributed by atoms with Crippen molar-refractivity contribution in [3.8, 4) is 0 Å². The predicted octanol–water partition coefficient (Wildman–Crippen LogP) is 0.852. The first-order valence-corrected chi connectivity index (χ1v) is 8.08. The third-order valence-corrected chi connectivity index (χ3v) is 4.05. The highest BCUT2D eigenvalue weighted by Crippen LogP contribution is 2.11. The van der Waals surface area contributed by atoms with Crippen LogP contribution in [0.3, 0.4) is 0 Å². The second-order valence-electron chi connectivity index (χ2n) is 4.24. The van der Waals surface area contributed by atoms with Gasteiger partial charge in [0.2, 0.25) is 10.0 Å². The number of nitrogens with two attached hydrogens (primary N) is 1. The SMILES string of the molecule is CCCCOCCCNS(=O)(=O)c1ccnc(NN)c1. The third-order valence-electron chi connectivity index (χ3n) is 2.59. The fourth-order valence-electron chi connectivity index (χ4n) is 1.47. The first kappa shape index (κ1) is 16.8. The first-order valence-electron chi connectivity index (χ1n) is 6.60. The van der Waals surface area contributed by atoms with Gasteiger partial charge in [0.15, 0.2) is 0 Å². The lowest BCUT2D eigenvalue weighted by Gasteiger charge is -2.08. The molecule has 0 fully saturated rings. The number of anilines is 1. The highest BCUT2D eigenvalue weighted by Gasteiger charge is 2.13. The van der Waals surface area contributed by atoms with E-state index in [0.29, 0.717) is 25.4 Å². The molecule has 1 aromatic heterocycles. The standard InChI is InChI=1S/C12H22N4O3S/c1-2-3-8-19-9-4-6-15-20(17,18)11-5-7-14-12(10-11)16-13/h5,7,10,15H,2-4,6,8-9,13H2,1H3,(H,14,16). The summed E-state index contributed by atoms with van der Waals surface area (Å²) >= 11 is 0. The topological polar surface area (TPSA) is 106 Å². The molecule has 20 heavy (non-hydrogen) atoms. The van der Waals surface area contributed by atoms with Gasteiger partial charge in [-0.2, -0.15) is 0 Å². The zero-order valence-electron chi connectivity index (χ0n) is 11.6. The van der Waals surface area contributed by atoms with Gasteiger partial charge in [0.25, 0.3) is 0 Å². The molecular formula is C12H22N4O3S. The van der Waals surface area contributed by atoms with Gasteiger partial charge in [-0.15, -0.1) is 0 Å². The molecule has 8 heteroatoms. The normalized spacial score (nSPS) is 11.5. The summed E-state index contributed by atoms with van der Waals surface area (Å²) in [5.74, 6) is 5.50. The molecule has 114 valence electrons. The average molecular weight is 302 g/mol. The van der Waals surface area contributed by atoms with Gasteiger partial charge in [-0.3, -0.25) is 0 Å². The molecule has 0 aliphatic carbocycles. The number of nitrogen functional groups attached to an aromatic ring is 1. The van der Waals surface area contributed by atoms with Crippen molar-refractivity contribution in [1.29, 1.82) is 0 Å². The molecule has 0 amide bonds. The molecule has 0 bridgehead atoms. The maximum absolute atomic E-state index is 12.0. The van der Waals surface area contributed by atoms with Crippen LogP contribution in [-0.2, 0) is 14.8 Å². The van der Waals surface area contributed by atoms with Crippen LogP contribution in [0.25, 0.3) is 0 Å². The van der Waals surface area contributed by atoms with Gasteiger partial charge in [0.1, 0.15) is 5.82 Å². The molecule has 0 unspecified atom stereocenters. The Balaban J connectivity index is 2.37. The van der Waals surface area contributed by atoms with Gasteiger partial charge in [-0.1, -0.05) is 13.3 Å². The summed E-state index contributed by atoms with van der Waals surface area (Å²) in [6, 6.07) is 2.79. The van der Waals surface area contributed by atoms with Crippen molar-refractivity contribution in [3.05, 3.63) is 18.3 Å². The molecule has 0 aliphatic heterocycles. The number of nitrogens with zero attached hydrogens (tertiary/aromatic N) is 1. The van der Waals surface area contributed by atoms with Gasteiger partial charge in [0.05, 0.1) is 4.90 Å². The molecule has 1 aromatic rings. The third kappa shape index (κ3) is 5.83. The van der Waals surface area contributed by atoms with Crippen LogP contribution in [0.4, 0.5) is 5.82 Å². The maximum Gasteiger partial charge on any atom is 0.240 e. The number of pyridine rings is 1. The Morgan fingerprint density at radius 2 is 2.10 bits per heavy atom. The Labute approximate surface area is 119 Å². The highest BCUT2D eigenvalue weighted by molar-refractivity contribution is 7.89. The maximum atomic E-state index is 12.0. The number of rotatable bonds is 10. The van der Waals surface area contributed by atoms with Crippen molar-refractivity contribution in [1.82, 2.24) is 9.71 Å². The van der Waals surface area contributed by atoms with Gasteiger partial charge in [0, 0.05) is 32.0 Å². The van der Waals surface area contributed by atoms with Gasteiger partial charge in [-0.05, 0) is 18.9 Å².